The SMILES string of the molecule is C[C@@H](OC(=O)c1c(Cl)ccc(Cl)c1Cl)C(=O)NC(N)=O. The zero-order valence-electron chi connectivity index (χ0n) is 10.1. The van der Waals surface area contributed by atoms with Crippen molar-refractivity contribution >= 4 is 52.7 Å². The fourth-order valence-corrected chi connectivity index (χ4v) is 1.89. The van der Waals surface area contributed by atoms with Crippen LogP contribution in [-0.4, -0.2) is 24.0 Å². The van der Waals surface area contributed by atoms with Gasteiger partial charge >= 0.3 is 12.0 Å². The molecule has 0 fully saturated rings. The molecule has 1 aromatic carbocycles. The monoisotopic (exact) mass is 338 g/mol. The molecular formula is C11H9Cl3N2O4. The minimum absolute atomic E-state index is 0.0203. The van der Waals surface area contributed by atoms with Gasteiger partial charge in [-0.2, -0.15) is 0 Å². The van der Waals surface area contributed by atoms with Crippen molar-refractivity contribution in [3.05, 3.63) is 32.8 Å². The van der Waals surface area contributed by atoms with E-state index in [4.69, 9.17) is 45.3 Å². The quantitative estimate of drug-likeness (QED) is 0.652. The Morgan fingerprint density at radius 1 is 1.20 bits per heavy atom. The number of primary amides is 1. The first-order valence-electron chi connectivity index (χ1n) is 5.18. The smallest absolute Gasteiger partial charge is 0.342 e. The average Bonchev–Trinajstić information content (AvgIpc) is 2.33. The van der Waals surface area contributed by atoms with E-state index in [2.05, 4.69) is 0 Å². The van der Waals surface area contributed by atoms with E-state index < -0.39 is 24.0 Å². The zero-order valence-corrected chi connectivity index (χ0v) is 12.3. The van der Waals surface area contributed by atoms with Gasteiger partial charge in [0.05, 0.1) is 20.6 Å². The first kappa shape index (κ1) is 16.6. The Labute approximate surface area is 129 Å². The molecule has 0 unspecified atom stereocenters. The number of hydrogen-bond acceptors (Lipinski definition) is 4. The van der Waals surface area contributed by atoms with Gasteiger partial charge in [0.15, 0.2) is 6.10 Å². The van der Waals surface area contributed by atoms with Crippen molar-refractivity contribution < 1.29 is 19.1 Å². The van der Waals surface area contributed by atoms with E-state index in [1.807, 2.05) is 0 Å². The number of halogens is 3. The Bertz CT molecular complexity index is 577. The highest BCUT2D eigenvalue weighted by molar-refractivity contribution is 6.46. The number of urea groups is 1. The first-order valence-corrected chi connectivity index (χ1v) is 6.32. The summed E-state index contributed by atoms with van der Waals surface area (Å²) in [6, 6.07) is 1.71. The summed E-state index contributed by atoms with van der Waals surface area (Å²) in [5.74, 6) is -1.82. The second kappa shape index (κ2) is 6.78. The second-order valence-corrected chi connectivity index (χ2v) is 4.81. The van der Waals surface area contributed by atoms with Gasteiger partial charge in [-0.05, 0) is 19.1 Å². The molecule has 0 saturated heterocycles. The highest BCUT2D eigenvalue weighted by Crippen LogP contribution is 2.32. The molecule has 0 aliphatic heterocycles. The average molecular weight is 340 g/mol. The molecule has 0 saturated carbocycles. The first-order chi connectivity index (χ1) is 9.23. The van der Waals surface area contributed by atoms with Crippen molar-refractivity contribution in [1.82, 2.24) is 5.32 Å². The van der Waals surface area contributed by atoms with Crippen LogP contribution in [0.3, 0.4) is 0 Å². The van der Waals surface area contributed by atoms with Gasteiger partial charge in [0.1, 0.15) is 0 Å². The third kappa shape index (κ3) is 4.00. The van der Waals surface area contributed by atoms with Crippen molar-refractivity contribution in [3.63, 3.8) is 0 Å². The minimum Gasteiger partial charge on any atom is -0.449 e. The fraction of sp³-hybridized carbons (Fsp3) is 0.182. The summed E-state index contributed by atoms with van der Waals surface area (Å²) in [5.41, 5.74) is 4.60. The molecule has 108 valence electrons. The molecular weight excluding hydrogens is 330 g/mol. The topological polar surface area (TPSA) is 98.5 Å². The predicted molar refractivity (Wildman–Crippen MR) is 74.1 cm³/mol. The number of benzene rings is 1. The standard InChI is InChI=1S/C11H9Cl3N2O4/c1-4(9(17)16-11(15)19)20-10(18)7-5(12)2-3-6(13)8(7)14/h2-4H,1H3,(H3,15,16,17,19)/t4-/m1/s1. The molecule has 1 aromatic rings. The maximum Gasteiger partial charge on any atom is 0.342 e. The van der Waals surface area contributed by atoms with Crippen LogP contribution in [0.5, 0.6) is 0 Å². The number of carbonyl (C=O) groups excluding carboxylic acids is 3. The van der Waals surface area contributed by atoms with Crippen molar-refractivity contribution in [2.45, 2.75) is 13.0 Å². The summed E-state index contributed by atoms with van der Waals surface area (Å²) >= 11 is 17.4. The maximum absolute atomic E-state index is 11.9. The van der Waals surface area contributed by atoms with Gasteiger partial charge in [-0.3, -0.25) is 10.1 Å². The van der Waals surface area contributed by atoms with Gasteiger partial charge in [0, 0.05) is 0 Å². The summed E-state index contributed by atoms with van der Waals surface area (Å²) in [6.45, 7) is 1.25. The lowest BCUT2D eigenvalue weighted by molar-refractivity contribution is -0.127. The largest absolute Gasteiger partial charge is 0.449 e. The number of ether oxygens (including phenoxy) is 1. The summed E-state index contributed by atoms with van der Waals surface area (Å²) < 4.78 is 4.83. The number of hydrogen-bond donors (Lipinski definition) is 2. The normalized spacial score (nSPS) is 11.6. The minimum atomic E-state index is -1.26. The van der Waals surface area contributed by atoms with Gasteiger partial charge in [0.25, 0.3) is 5.91 Å². The number of amides is 3. The summed E-state index contributed by atoms with van der Waals surface area (Å²) in [5, 5.41) is 1.81. The highest BCUT2D eigenvalue weighted by Gasteiger charge is 2.24. The Morgan fingerprint density at radius 3 is 2.30 bits per heavy atom. The molecule has 0 aromatic heterocycles. The molecule has 20 heavy (non-hydrogen) atoms. The van der Waals surface area contributed by atoms with Crippen molar-refractivity contribution in [1.29, 1.82) is 0 Å². The number of imide groups is 1. The van der Waals surface area contributed by atoms with Gasteiger partial charge in [0.2, 0.25) is 0 Å². The van der Waals surface area contributed by atoms with Crippen LogP contribution in [0.25, 0.3) is 0 Å². The van der Waals surface area contributed by atoms with E-state index in [0.717, 1.165) is 0 Å². The van der Waals surface area contributed by atoms with Gasteiger partial charge in [-0.15, -0.1) is 0 Å². The second-order valence-electron chi connectivity index (χ2n) is 3.62. The molecule has 0 bridgehead atoms. The molecule has 0 radical (unpaired) electrons. The Hall–Kier alpha value is -1.50. The number of esters is 1. The molecule has 0 aliphatic carbocycles. The van der Waals surface area contributed by atoms with E-state index in [9.17, 15) is 14.4 Å². The lowest BCUT2D eigenvalue weighted by atomic mass is 10.2. The number of nitrogens with two attached hydrogens (primary N) is 1. The fourth-order valence-electron chi connectivity index (χ4n) is 1.21. The summed E-state index contributed by atoms with van der Waals surface area (Å²) in [7, 11) is 0. The van der Waals surface area contributed by atoms with E-state index in [1.165, 1.54) is 19.1 Å². The molecule has 1 atom stereocenters. The Balaban J connectivity index is 2.90. The molecule has 0 aliphatic rings. The lowest BCUT2D eigenvalue weighted by Crippen LogP contribution is -2.42. The molecule has 3 N–H and O–H groups in total. The van der Waals surface area contributed by atoms with Crippen LogP contribution in [0, 0.1) is 0 Å². The van der Waals surface area contributed by atoms with Gasteiger partial charge in [-0.1, -0.05) is 34.8 Å². The molecule has 9 heteroatoms. The molecule has 1 rings (SSSR count). The van der Waals surface area contributed by atoms with Crippen molar-refractivity contribution in [3.8, 4) is 0 Å². The highest BCUT2D eigenvalue weighted by atomic mass is 35.5. The van der Waals surface area contributed by atoms with Gasteiger partial charge < -0.3 is 10.5 Å². The molecule has 6 nitrogen and oxygen atoms in total. The van der Waals surface area contributed by atoms with Crippen LogP contribution in [0.4, 0.5) is 4.79 Å². The number of nitrogens with one attached hydrogen (secondary N) is 1. The molecule has 3 amide bonds. The van der Waals surface area contributed by atoms with E-state index in [1.54, 1.807) is 5.32 Å². The maximum atomic E-state index is 11.9. The molecule has 0 spiro atoms. The molecule has 0 heterocycles. The van der Waals surface area contributed by atoms with Crippen LogP contribution in [0.1, 0.15) is 17.3 Å². The van der Waals surface area contributed by atoms with E-state index in [0.29, 0.717) is 0 Å². The lowest BCUT2D eigenvalue weighted by Gasteiger charge is -2.13. The van der Waals surface area contributed by atoms with E-state index in [-0.39, 0.29) is 20.6 Å². The van der Waals surface area contributed by atoms with Crippen LogP contribution in [0.15, 0.2) is 12.1 Å². The third-order valence-corrected chi connectivity index (χ3v) is 3.27. The number of carbonyl (C=O) groups is 3. The predicted octanol–water partition coefficient (Wildman–Crippen LogP) is 2.39. The van der Waals surface area contributed by atoms with Gasteiger partial charge in [-0.25, -0.2) is 9.59 Å². The number of rotatable bonds is 3. The Kier molecular flexibility index (Phi) is 5.62. The van der Waals surface area contributed by atoms with Crippen LogP contribution in [0.2, 0.25) is 15.1 Å². The third-order valence-electron chi connectivity index (χ3n) is 2.15. The Morgan fingerprint density at radius 2 is 1.75 bits per heavy atom. The van der Waals surface area contributed by atoms with Crippen molar-refractivity contribution in [2.75, 3.05) is 0 Å². The van der Waals surface area contributed by atoms with Crippen molar-refractivity contribution in [2.24, 2.45) is 5.73 Å². The van der Waals surface area contributed by atoms with Crippen LogP contribution >= 0.6 is 34.8 Å². The summed E-state index contributed by atoms with van der Waals surface area (Å²) in [6.07, 6.45) is -1.26. The summed E-state index contributed by atoms with van der Waals surface area (Å²) in [4.78, 5) is 33.8. The zero-order chi connectivity index (χ0) is 15.4. The van der Waals surface area contributed by atoms with Crippen LogP contribution in [-0.2, 0) is 9.53 Å². The van der Waals surface area contributed by atoms with E-state index >= 15 is 0 Å². The van der Waals surface area contributed by atoms with Crippen LogP contribution < -0.4 is 11.1 Å².